The molecule has 1 atom stereocenters. The molecule has 0 fully saturated rings. The van der Waals surface area contributed by atoms with Crippen LogP contribution in [-0.4, -0.2) is 19.1 Å². The van der Waals surface area contributed by atoms with E-state index >= 15 is 0 Å². The van der Waals surface area contributed by atoms with E-state index in [9.17, 15) is 0 Å². The lowest BCUT2D eigenvalue weighted by atomic mass is 9.96. The second-order valence-corrected chi connectivity index (χ2v) is 5.05. The van der Waals surface area contributed by atoms with Crippen molar-refractivity contribution in [3.05, 3.63) is 29.8 Å². The van der Waals surface area contributed by atoms with Crippen molar-refractivity contribution >= 4 is 5.69 Å². The number of nitrogens with zero attached hydrogens (tertiary/aromatic N) is 1. The minimum absolute atomic E-state index is 0.105. The van der Waals surface area contributed by atoms with Crippen LogP contribution >= 0.6 is 0 Å². The van der Waals surface area contributed by atoms with Gasteiger partial charge in [0.2, 0.25) is 0 Å². The zero-order valence-electron chi connectivity index (χ0n) is 11.0. The van der Waals surface area contributed by atoms with Crippen molar-refractivity contribution in [2.75, 3.05) is 18.5 Å². The molecule has 1 aromatic carbocycles. The molecule has 0 aliphatic heterocycles. The first-order valence-electron chi connectivity index (χ1n) is 6.02. The quantitative estimate of drug-likeness (QED) is 0.826. The Bertz CT molecular complexity index is 331. The van der Waals surface area contributed by atoms with Crippen LogP contribution < -0.4 is 10.6 Å². The standard InChI is InChI=1S/C14H24N2/c1-5-10-14(3,15)11-16(4)13-9-7-6-8-12(13)2/h6-9H,5,10-11,15H2,1-4H3. The van der Waals surface area contributed by atoms with Crippen molar-refractivity contribution in [1.29, 1.82) is 0 Å². The molecule has 0 spiro atoms. The van der Waals surface area contributed by atoms with Gasteiger partial charge >= 0.3 is 0 Å². The van der Waals surface area contributed by atoms with Gasteiger partial charge in [0.15, 0.2) is 0 Å². The molecular weight excluding hydrogens is 196 g/mol. The van der Waals surface area contributed by atoms with Gasteiger partial charge in [-0.15, -0.1) is 0 Å². The van der Waals surface area contributed by atoms with Gasteiger partial charge in [-0.25, -0.2) is 0 Å². The average Bonchev–Trinajstić information content (AvgIpc) is 2.17. The Morgan fingerprint density at radius 3 is 2.50 bits per heavy atom. The maximum atomic E-state index is 6.27. The highest BCUT2D eigenvalue weighted by atomic mass is 15.1. The zero-order valence-corrected chi connectivity index (χ0v) is 11.0. The molecule has 0 saturated heterocycles. The molecule has 0 amide bonds. The van der Waals surface area contributed by atoms with E-state index in [4.69, 9.17) is 5.73 Å². The summed E-state index contributed by atoms with van der Waals surface area (Å²) in [6.45, 7) is 7.34. The monoisotopic (exact) mass is 220 g/mol. The molecular formula is C14H24N2. The van der Waals surface area contributed by atoms with E-state index in [1.807, 2.05) is 0 Å². The van der Waals surface area contributed by atoms with Crippen LogP contribution in [-0.2, 0) is 0 Å². The van der Waals surface area contributed by atoms with E-state index in [1.54, 1.807) is 0 Å². The number of hydrogen-bond donors (Lipinski definition) is 1. The number of para-hydroxylation sites is 1. The van der Waals surface area contributed by atoms with Crippen LogP contribution in [0.25, 0.3) is 0 Å². The minimum atomic E-state index is -0.105. The fourth-order valence-corrected chi connectivity index (χ4v) is 2.27. The number of anilines is 1. The van der Waals surface area contributed by atoms with Gasteiger partial charge in [-0.1, -0.05) is 31.5 Å². The highest BCUT2D eigenvalue weighted by Crippen LogP contribution is 2.20. The average molecular weight is 220 g/mol. The van der Waals surface area contributed by atoms with E-state index in [0.29, 0.717) is 0 Å². The van der Waals surface area contributed by atoms with Crippen LogP contribution in [0.1, 0.15) is 32.3 Å². The maximum Gasteiger partial charge on any atom is 0.0393 e. The second kappa shape index (κ2) is 5.35. The normalized spacial score (nSPS) is 14.6. The maximum absolute atomic E-state index is 6.27. The third-order valence-electron chi connectivity index (χ3n) is 2.95. The van der Waals surface area contributed by atoms with E-state index in [1.165, 1.54) is 11.3 Å². The number of rotatable bonds is 5. The summed E-state index contributed by atoms with van der Waals surface area (Å²) in [7, 11) is 2.11. The molecule has 1 aromatic rings. The molecule has 0 saturated carbocycles. The summed E-state index contributed by atoms with van der Waals surface area (Å²) >= 11 is 0. The Hall–Kier alpha value is -1.02. The van der Waals surface area contributed by atoms with E-state index in [2.05, 4.69) is 57.0 Å². The first kappa shape index (κ1) is 13.0. The first-order chi connectivity index (χ1) is 7.46. The molecule has 0 heterocycles. The van der Waals surface area contributed by atoms with Gasteiger partial charge in [0, 0.05) is 24.8 Å². The number of hydrogen-bond acceptors (Lipinski definition) is 2. The highest BCUT2D eigenvalue weighted by molar-refractivity contribution is 5.52. The van der Waals surface area contributed by atoms with Gasteiger partial charge in [-0.3, -0.25) is 0 Å². The van der Waals surface area contributed by atoms with E-state index < -0.39 is 0 Å². The fraction of sp³-hybridized carbons (Fsp3) is 0.571. The van der Waals surface area contributed by atoms with Crippen LogP contribution in [0.2, 0.25) is 0 Å². The highest BCUT2D eigenvalue weighted by Gasteiger charge is 2.20. The zero-order chi connectivity index (χ0) is 12.2. The minimum Gasteiger partial charge on any atom is -0.373 e. The predicted octanol–water partition coefficient (Wildman–Crippen LogP) is 2.95. The van der Waals surface area contributed by atoms with Gasteiger partial charge in [0.05, 0.1) is 0 Å². The lowest BCUT2D eigenvalue weighted by molar-refractivity contribution is 0.430. The van der Waals surface area contributed by atoms with Crippen LogP contribution in [0.3, 0.4) is 0 Å². The Morgan fingerprint density at radius 1 is 1.31 bits per heavy atom. The van der Waals surface area contributed by atoms with Gasteiger partial charge < -0.3 is 10.6 Å². The van der Waals surface area contributed by atoms with Gasteiger partial charge in [-0.05, 0) is 31.9 Å². The summed E-state index contributed by atoms with van der Waals surface area (Å²) in [6.07, 6.45) is 2.19. The van der Waals surface area contributed by atoms with Crippen LogP contribution in [0.4, 0.5) is 5.69 Å². The van der Waals surface area contributed by atoms with Gasteiger partial charge in [-0.2, -0.15) is 0 Å². The first-order valence-corrected chi connectivity index (χ1v) is 6.02. The topological polar surface area (TPSA) is 29.3 Å². The summed E-state index contributed by atoms with van der Waals surface area (Å²) < 4.78 is 0. The van der Waals surface area contributed by atoms with Crippen LogP contribution in [0.5, 0.6) is 0 Å². The molecule has 16 heavy (non-hydrogen) atoms. The third kappa shape index (κ3) is 3.53. The van der Waals surface area contributed by atoms with Crippen LogP contribution in [0.15, 0.2) is 24.3 Å². The molecule has 2 nitrogen and oxygen atoms in total. The molecule has 0 radical (unpaired) electrons. The molecule has 90 valence electrons. The lowest BCUT2D eigenvalue weighted by Crippen LogP contribution is -2.46. The molecule has 0 bridgehead atoms. The summed E-state index contributed by atoms with van der Waals surface area (Å²) in [5.74, 6) is 0. The van der Waals surface area contributed by atoms with E-state index in [0.717, 1.165) is 19.4 Å². The fourth-order valence-electron chi connectivity index (χ4n) is 2.27. The number of likely N-dealkylation sites (N-methyl/N-ethyl adjacent to an activating group) is 1. The molecule has 1 rings (SSSR count). The van der Waals surface area contributed by atoms with E-state index in [-0.39, 0.29) is 5.54 Å². The predicted molar refractivity (Wildman–Crippen MR) is 71.9 cm³/mol. The second-order valence-electron chi connectivity index (χ2n) is 5.05. The van der Waals surface area contributed by atoms with Crippen molar-refractivity contribution in [3.63, 3.8) is 0 Å². The van der Waals surface area contributed by atoms with Crippen molar-refractivity contribution in [1.82, 2.24) is 0 Å². The van der Waals surface area contributed by atoms with Gasteiger partial charge in [0.1, 0.15) is 0 Å². The number of aryl methyl sites for hydroxylation is 1. The summed E-state index contributed by atoms with van der Waals surface area (Å²) in [5, 5.41) is 0. The number of nitrogens with two attached hydrogens (primary N) is 1. The Balaban J connectivity index is 2.72. The Labute approximate surface area is 99.5 Å². The summed E-state index contributed by atoms with van der Waals surface area (Å²) in [4.78, 5) is 2.25. The van der Waals surface area contributed by atoms with Crippen molar-refractivity contribution < 1.29 is 0 Å². The third-order valence-corrected chi connectivity index (χ3v) is 2.95. The SMILES string of the molecule is CCCC(C)(N)CN(C)c1ccccc1C. The Morgan fingerprint density at radius 2 is 1.94 bits per heavy atom. The summed E-state index contributed by atoms with van der Waals surface area (Å²) in [6, 6.07) is 8.43. The smallest absolute Gasteiger partial charge is 0.0393 e. The lowest BCUT2D eigenvalue weighted by Gasteiger charge is -2.32. The molecule has 1 unspecified atom stereocenters. The molecule has 0 aliphatic carbocycles. The molecule has 2 heteroatoms. The molecule has 0 aromatic heterocycles. The Kier molecular flexibility index (Phi) is 4.36. The van der Waals surface area contributed by atoms with Gasteiger partial charge in [0.25, 0.3) is 0 Å². The van der Waals surface area contributed by atoms with Crippen molar-refractivity contribution in [3.8, 4) is 0 Å². The molecule has 2 N–H and O–H groups in total. The summed E-state index contributed by atoms with van der Waals surface area (Å²) in [5.41, 5.74) is 8.75. The van der Waals surface area contributed by atoms with Crippen molar-refractivity contribution in [2.24, 2.45) is 5.73 Å². The van der Waals surface area contributed by atoms with Crippen LogP contribution in [0, 0.1) is 6.92 Å². The van der Waals surface area contributed by atoms with Crippen molar-refractivity contribution in [2.45, 2.75) is 39.2 Å². The largest absolute Gasteiger partial charge is 0.373 e. The number of benzene rings is 1. The molecule has 0 aliphatic rings.